The van der Waals surface area contributed by atoms with Gasteiger partial charge >= 0.3 is 0 Å². The second-order valence-electron chi connectivity index (χ2n) is 5.84. The normalized spacial score (nSPS) is 18.4. The van der Waals surface area contributed by atoms with Crippen LogP contribution in [0.1, 0.15) is 42.5 Å². The van der Waals surface area contributed by atoms with E-state index in [-0.39, 0.29) is 11.8 Å². The molecule has 0 spiro atoms. The molecular formula is C17H21N3O2. The summed E-state index contributed by atoms with van der Waals surface area (Å²) < 4.78 is 5.26. The number of amides is 1. The maximum absolute atomic E-state index is 12.4. The summed E-state index contributed by atoms with van der Waals surface area (Å²) in [6.45, 7) is 3.34. The van der Waals surface area contributed by atoms with Crippen molar-refractivity contribution in [1.29, 1.82) is 0 Å². The van der Waals surface area contributed by atoms with Gasteiger partial charge in [-0.05, 0) is 31.7 Å². The number of likely N-dealkylation sites (tertiary alicyclic amines) is 1. The first kappa shape index (κ1) is 14.8. The maximum Gasteiger partial charge on any atom is 0.231 e. The summed E-state index contributed by atoms with van der Waals surface area (Å²) in [7, 11) is 0. The molecule has 0 saturated carbocycles. The molecule has 116 valence electrons. The third-order valence-corrected chi connectivity index (χ3v) is 4.14. The number of aryl methyl sites for hydroxylation is 2. The van der Waals surface area contributed by atoms with E-state index >= 15 is 0 Å². The first-order valence-corrected chi connectivity index (χ1v) is 7.84. The molecule has 1 amide bonds. The van der Waals surface area contributed by atoms with Crippen molar-refractivity contribution in [3.8, 4) is 0 Å². The molecular weight excluding hydrogens is 278 g/mol. The van der Waals surface area contributed by atoms with Gasteiger partial charge in [-0.1, -0.05) is 35.5 Å². The summed E-state index contributed by atoms with van der Waals surface area (Å²) >= 11 is 0. The van der Waals surface area contributed by atoms with Crippen molar-refractivity contribution in [2.75, 3.05) is 13.1 Å². The number of piperidine rings is 1. The van der Waals surface area contributed by atoms with Crippen LogP contribution in [-0.4, -0.2) is 34.0 Å². The minimum Gasteiger partial charge on any atom is -0.342 e. The molecule has 2 aromatic rings. The summed E-state index contributed by atoms with van der Waals surface area (Å²) in [5.41, 5.74) is 1.21. The highest BCUT2D eigenvalue weighted by molar-refractivity contribution is 5.76. The zero-order valence-corrected chi connectivity index (χ0v) is 12.9. The van der Waals surface area contributed by atoms with Crippen LogP contribution in [0.2, 0.25) is 0 Å². The summed E-state index contributed by atoms with van der Waals surface area (Å²) in [5, 5.41) is 3.85. The fourth-order valence-corrected chi connectivity index (χ4v) is 2.94. The quantitative estimate of drug-likeness (QED) is 0.871. The second kappa shape index (κ2) is 6.73. The zero-order valence-electron chi connectivity index (χ0n) is 12.9. The van der Waals surface area contributed by atoms with E-state index < -0.39 is 0 Å². The molecule has 1 atom stereocenters. The molecule has 1 aliphatic rings. The molecule has 0 aliphatic carbocycles. The van der Waals surface area contributed by atoms with Crippen LogP contribution in [0.3, 0.4) is 0 Å². The van der Waals surface area contributed by atoms with E-state index in [0.29, 0.717) is 24.7 Å². The molecule has 0 N–H and O–H groups in total. The zero-order chi connectivity index (χ0) is 15.4. The van der Waals surface area contributed by atoms with Crippen LogP contribution >= 0.6 is 0 Å². The van der Waals surface area contributed by atoms with E-state index in [0.717, 1.165) is 25.8 Å². The molecule has 22 heavy (non-hydrogen) atoms. The van der Waals surface area contributed by atoms with Gasteiger partial charge < -0.3 is 9.42 Å². The largest absolute Gasteiger partial charge is 0.342 e. The standard InChI is InChI=1S/C17H21N3O2/c1-13-18-17(22-19-13)15-8-5-11-20(12-15)16(21)10-9-14-6-3-2-4-7-14/h2-4,6-7,15H,5,8-12H2,1H3/t15-/m1/s1. The van der Waals surface area contributed by atoms with Crippen molar-refractivity contribution in [3.63, 3.8) is 0 Å². The third kappa shape index (κ3) is 3.53. The summed E-state index contributed by atoms with van der Waals surface area (Å²) in [6, 6.07) is 10.1. The number of carbonyl (C=O) groups excluding carboxylic acids is 1. The average Bonchev–Trinajstić information content (AvgIpc) is 3.00. The Morgan fingerprint density at radius 2 is 2.18 bits per heavy atom. The smallest absolute Gasteiger partial charge is 0.231 e. The van der Waals surface area contributed by atoms with Gasteiger partial charge in [-0.3, -0.25) is 4.79 Å². The molecule has 0 bridgehead atoms. The van der Waals surface area contributed by atoms with Gasteiger partial charge in [0.05, 0.1) is 5.92 Å². The third-order valence-electron chi connectivity index (χ3n) is 4.14. The van der Waals surface area contributed by atoms with Gasteiger partial charge in [-0.2, -0.15) is 4.98 Å². The summed E-state index contributed by atoms with van der Waals surface area (Å²) in [6.07, 6.45) is 3.34. The van der Waals surface area contributed by atoms with E-state index in [4.69, 9.17) is 4.52 Å². The fraction of sp³-hybridized carbons (Fsp3) is 0.471. The molecule has 1 aromatic heterocycles. The van der Waals surface area contributed by atoms with Crippen LogP contribution in [0.25, 0.3) is 0 Å². The van der Waals surface area contributed by atoms with E-state index in [1.54, 1.807) is 0 Å². The fourth-order valence-electron chi connectivity index (χ4n) is 2.94. The number of carbonyl (C=O) groups is 1. The van der Waals surface area contributed by atoms with Gasteiger partial charge in [0.15, 0.2) is 5.82 Å². The van der Waals surface area contributed by atoms with Crippen LogP contribution < -0.4 is 0 Å². The van der Waals surface area contributed by atoms with Gasteiger partial charge in [0.2, 0.25) is 11.8 Å². The number of nitrogens with zero attached hydrogens (tertiary/aromatic N) is 3. The van der Waals surface area contributed by atoms with Gasteiger partial charge in [-0.25, -0.2) is 0 Å². The molecule has 0 unspecified atom stereocenters. The van der Waals surface area contributed by atoms with E-state index in [9.17, 15) is 4.79 Å². The van der Waals surface area contributed by atoms with E-state index in [2.05, 4.69) is 22.3 Å². The van der Waals surface area contributed by atoms with Gasteiger partial charge in [0.1, 0.15) is 0 Å². The Hall–Kier alpha value is -2.17. The van der Waals surface area contributed by atoms with Crippen molar-refractivity contribution in [3.05, 3.63) is 47.6 Å². The molecule has 3 rings (SSSR count). The Balaban J connectivity index is 1.56. The van der Waals surface area contributed by atoms with E-state index in [1.165, 1.54) is 5.56 Å². The first-order chi connectivity index (χ1) is 10.7. The molecule has 1 saturated heterocycles. The predicted octanol–water partition coefficient (Wildman–Crippen LogP) is 2.72. The van der Waals surface area contributed by atoms with Crippen molar-refractivity contribution < 1.29 is 9.32 Å². The average molecular weight is 299 g/mol. The number of benzene rings is 1. The second-order valence-corrected chi connectivity index (χ2v) is 5.84. The van der Waals surface area contributed by atoms with Gasteiger partial charge in [0.25, 0.3) is 0 Å². The highest BCUT2D eigenvalue weighted by atomic mass is 16.5. The maximum atomic E-state index is 12.4. The predicted molar refractivity (Wildman–Crippen MR) is 82.4 cm³/mol. The van der Waals surface area contributed by atoms with E-state index in [1.807, 2.05) is 30.0 Å². The van der Waals surface area contributed by atoms with Crippen LogP contribution in [-0.2, 0) is 11.2 Å². The van der Waals surface area contributed by atoms with Crippen molar-refractivity contribution in [2.24, 2.45) is 0 Å². The van der Waals surface area contributed by atoms with Crippen LogP contribution in [0, 0.1) is 6.92 Å². The van der Waals surface area contributed by atoms with Crippen molar-refractivity contribution >= 4 is 5.91 Å². The number of rotatable bonds is 4. The van der Waals surface area contributed by atoms with Gasteiger partial charge in [0, 0.05) is 19.5 Å². The Morgan fingerprint density at radius 1 is 1.36 bits per heavy atom. The Morgan fingerprint density at radius 3 is 2.91 bits per heavy atom. The lowest BCUT2D eigenvalue weighted by atomic mass is 9.97. The highest BCUT2D eigenvalue weighted by Crippen LogP contribution is 2.26. The first-order valence-electron chi connectivity index (χ1n) is 7.84. The number of hydrogen-bond donors (Lipinski definition) is 0. The Kier molecular flexibility index (Phi) is 4.51. The monoisotopic (exact) mass is 299 g/mol. The highest BCUT2D eigenvalue weighted by Gasteiger charge is 2.27. The molecule has 5 heteroatoms. The van der Waals surface area contributed by atoms with Crippen molar-refractivity contribution in [2.45, 2.75) is 38.5 Å². The SMILES string of the molecule is Cc1noc([C@@H]2CCCN(C(=O)CCc3ccccc3)C2)n1. The molecule has 1 aromatic carbocycles. The number of aromatic nitrogens is 2. The molecule has 0 radical (unpaired) electrons. The minimum atomic E-state index is 0.177. The van der Waals surface area contributed by atoms with Crippen molar-refractivity contribution in [1.82, 2.24) is 15.0 Å². The lowest BCUT2D eigenvalue weighted by molar-refractivity contribution is -0.132. The topological polar surface area (TPSA) is 59.2 Å². The molecule has 1 aliphatic heterocycles. The van der Waals surface area contributed by atoms with Gasteiger partial charge in [-0.15, -0.1) is 0 Å². The Labute approximate surface area is 130 Å². The summed E-state index contributed by atoms with van der Waals surface area (Å²) in [5.74, 6) is 1.71. The Bertz CT molecular complexity index is 624. The summed E-state index contributed by atoms with van der Waals surface area (Å²) in [4.78, 5) is 18.7. The van der Waals surface area contributed by atoms with Crippen LogP contribution in [0.15, 0.2) is 34.9 Å². The lowest BCUT2D eigenvalue weighted by Crippen LogP contribution is -2.39. The molecule has 1 fully saturated rings. The molecule has 5 nitrogen and oxygen atoms in total. The lowest BCUT2D eigenvalue weighted by Gasteiger charge is -2.31. The molecule has 2 heterocycles. The van der Waals surface area contributed by atoms with Crippen LogP contribution in [0.5, 0.6) is 0 Å². The van der Waals surface area contributed by atoms with Crippen LogP contribution in [0.4, 0.5) is 0 Å². The minimum absolute atomic E-state index is 0.177. The number of hydrogen-bond acceptors (Lipinski definition) is 4.